The Morgan fingerprint density at radius 1 is 1.29 bits per heavy atom. The lowest BCUT2D eigenvalue weighted by Crippen LogP contribution is -2.71. The van der Waals surface area contributed by atoms with E-state index in [0.717, 1.165) is 22.4 Å². The number of thiazole rings is 2. The SMILES string of the molecule is CO/N=C(\C(=O)N[C@@H]1C(=O)N2C(C(=O)O)=C(C[n+]3cccc4c3ccn4Cc3c(F)cc(/C(N)=N/c4nccs4)cc3Cl)CS[C@H]12)c1csc(N)n1. The number of oxime groups is 1. The van der Waals surface area contributed by atoms with E-state index in [1.54, 1.807) is 36.1 Å². The second-order valence-electron chi connectivity index (χ2n) is 11.4. The number of hydrogen-bond donors (Lipinski definition) is 4. The van der Waals surface area contributed by atoms with E-state index < -0.39 is 35.0 Å². The van der Waals surface area contributed by atoms with Crippen LogP contribution in [0.5, 0.6) is 0 Å². The van der Waals surface area contributed by atoms with Gasteiger partial charge in [-0.2, -0.15) is 4.57 Å². The van der Waals surface area contributed by atoms with E-state index in [1.807, 2.05) is 21.3 Å². The van der Waals surface area contributed by atoms with Crippen LogP contribution in [-0.2, 0) is 32.3 Å². The number of hydrogen-bond acceptors (Lipinski definition) is 12. The number of nitrogens with one attached hydrogen (secondary N) is 1. The number of carboxylic acids is 1. The van der Waals surface area contributed by atoms with Gasteiger partial charge < -0.3 is 31.3 Å². The minimum Gasteiger partial charge on any atom is -0.477 e. The number of amides is 2. The van der Waals surface area contributed by atoms with Gasteiger partial charge in [-0.05, 0) is 18.2 Å². The van der Waals surface area contributed by atoms with Crippen molar-refractivity contribution >= 4 is 96.7 Å². The molecule has 52 heavy (non-hydrogen) atoms. The fourth-order valence-corrected chi connectivity index (χ4v) is 8.58. The summed E-state index contributed by atoms with van der Waals surface area (Å²) in [6, 6.07) is 7.33. The number of nitrogens with two attached hydrogens (primary N) is 2. The molecule has 0 saturated carbocycles. The number of aromatic nitrogens is 4. The molecule has 4 aromatic heterocycles. The van der Waals surface area contributed by atoms with Gasteiger partial charge in [0.2, 0.25) is 10.6 Å². The Balaban J connectivity index is 1.10. The van der Waals surface area contributed by atoms with Crippen LogP contribution in [0.15, 0.2) is 81.1 Å². The second kappa shape index (κ2) is 14.3. The zero-order valence-electron chi connectivity index (χ0n) is 26.9. The molecule has 20 heteroatoms. The molecule has 7 rings (SSSR count). The van der Waals surface area contributed by atoms with Crippen LogP contribution in [-0.4, -0.2) is 78.2 Å². The van der Waals surface area contributed by atoms with Gasteiger partial charge in [0.25, 0.3) is 11.8 Å². The molecule has 6 heterocycles. The second-order valence-corrected chi connectivity index (χ2v) is 14.7. The van der Waals surface area contributed by atoms with E-state index in [1.165, 1.54) is 46.6 Å². The maximum absolute atomic E-state index is 15.4. The number of amidine groups is 1. The van der Waals surface area contributed by atoms with Gasteiger partial charge in [-0.3, -0.25) is 14.5 Å². The van der Waals surface area contributed by atoms with Crippen molar-refractivity contribution in [3.05, 3.63) is 98.6 Å². The number of fused-ring (bicyclic) bond motifs is 2. The van der Waals surface area contributed by atoms with Crippen molar-refractivity contribution < 1.29 is 33.3 Å². The van der Waals surface area contributed by atoms with E-state index in [2.05, 4.69) is 25.4 Å². The van der Waals surface area contributed by atoms with Crippen LogP contribution in [0.4, 0.5) is 14.7 Å². The summed E-state index contributed by atoms with van der Waals surface area (Å²) < 4.78 is 19.1. The van der Waals surface area contributed by atoms with Crippen molar-refractivity contribution in [3.63, 3.8) is 0 Å². The van der Waals surface area contributed by atoms with E-state index in [9.17, 15) is 19.5 Å². The maximum Gasteiger partial charge on any atom is 0.352 e. The number of pyridine rings is 1. The molecule has 2 aliphatic rings. The van der Waals surface area contributed by atoms with Crippen LogP contribution < -0.4 is 21.4 Å². The normalized spacial score (nSPS) is 17.7. The zero-order chi connectivity index (χ0) is 36.7. The maximum atomic E-state index is 15.4. The number of carbonyl (C=O) groups is 3. The number of benzene rings is 1. The van der Waals surface area contributed by atoms with Crippen molar-refractivity contribution in [1.29, 1.82) is 0 Å². The lowest BCUT2D eigenvalue weighted by molar-refractivity contribution is -0.663. The summed E-state index contributed by atoms with van der Waals surface area (Å²) in [5.74, 6) is -2.76. The monoisotopic (exact) mass is 781 g/mol. The third-order valence-corrected chi connectivity index (χ3v) is 11.3. The average Bonchev–Trinajstić information content (AvgIpc) is 3.89. The molecular weight excluding hydrogens is 755 g/mol. The summed E-state index contributed by atoms with van der Waals surface area (Å²) in [6.07, 6.45) is 5.18. The number of aliphatic carboxylic acids is 1. The van der Waals surface area contributed by atoms with Crippen LogP contribution in [0.25, 0.3) is 11.0 Å². The first-order chi connectivity index (χ1) is 25.0. The van der Waals surface area contributed by atoms with Crippen molar-refractivity contribution in [2.75, 3.05) is 18.6 Å². The van der Waals surface area contributed by atoms with Crippen molar-refractivity contribution in [1.82, 2.24) is 24.8 Å². The number of rotatable bonds is 11. The van der Waals surface area contributed by atoms with Gasteiger partial charge in [-0.1, -0.05) is 16.8 Å². The summed E-state index contributed by atoms with van der Waals surface area (Å²) in [5, 5.41) is 20.1. The van der Waals surface area contributed by atoms with E-state index in [4.69, 9.17) is 27.9 Å². The van der Waals surface area contributed by atoms with Crippen LogP contribution in [0.2, 0.25) is 5.02 Å². The lowest BCUT2D eigenvalue weighted by atomic mass is 10.0. The Morgan fingerprint density at radius 3 is 2.81 bits per heavy atom. The zero-order valence-corrected chi connectivity index (χ0v) is 30.1. The number of halogens is 2. The Labute approximate surface area is 311 Å². The highest BCUT2D eigenvalue weighted by Gasteiger charge is 2.55. The Hall–Kier alpha value is -5.37. The first-order valence-corrected chi connectivity index (χ1v) is 18.4. The van der Waals surface area contributed by atoms with Crippen molar-refractivity contribution in [2.45, 2.75) is 24.5 Å². The molecule has 0 aliphatic carbocycles. The first kappa shape index (κ1) is 35.1. The molecule has 2 aliphatic heterocycles. The molecule has 1 saturated heterocycles. The lowest BCUT2D eigenvalue weighted by Gasteiger charge is -2.49. The standard InChI is InChI=1S/C32H26ClFN10O5S3/c1-49-41-23(20-14-52-31(36)38-20)27(45)39-24-28(46)44-25(30(47)48)16(13-51-29(24)44)11-42-6-2-3-21-22(42)4-7-43(21)12-17-18(33)9-15(10-19(17)34)26(35)40-32-37-5-8-50-32/h2-10,14,24,29H,11-13H2,1H3,(H5-,35,36,37,38,39,40,45,47,48)/p+1/b41-23-/t24-,29-/m1/s1. The Kier molecular flexibility index (Phi) is 9.66. The summed E-state index contributed by atoms with van der Waals surface area (Å²) in [5.41, 5.74) is 14.2. The number of aliphatic imine (C=N–C) groups is 1. The molecule has 6 N–H and O–H groups in total. The predicted molar refractivity (Wildman–Crippen MR) is 195 cm³/mol. The minimum atomic E-state index is -1.27. The fourth-order valence-electron chi connectivity index (χ4n) is 5.91. The van der Waals surface area contributed by atoms with Gasteiger partial charge in [-0.25, -0.2) is 24.1 Å². The number of thioether (sulfide) groups is 1. The van der Waals surface area contributed by atoms with Crippen LogP contribution in [0.1, 0.15) is 16.8 Å². The first-order valence-electron chi connectivity index (χ1n) is 15.3. The highest BCUT2D eigenvalue weighted by Crippen LogP contribution is 2.40. The predicted octanol–water partition coefficient (Wildman–Crippen LogP) is 3.09. The number of nitrogen functional groups attached to an aromatic ring is 1. The minimum absolute atomic E-state index is 0.0838. The van der Waals surface area contributed by atoms with E-state index >= 15 is 4.39 Å². The highest BCUT2D eigenvalue weighted by molar-refractivity contribution is 8.00. The van der Waals surface area contributed by atoms with Gasteiger partial charge >= 0.3 is 5.97 Å². The van der Waals surface area contributed by atoms with Gasteiger partial charge in [0.05, 0.1) is 6.54 Å². The topological polar surface area (TPSA) is 207 Å². The summed E-state index contributed by atoms with van der Waals surface area (Å²) >= 11 is 10.3. The molecule has 266 valence electrons. The largest absolute Gasteiger partial charge is 0.477 e. The number of β-lactam (4-membered cyclic amide) rings is 1. The molecule has 5 aromatic rings. The molecule has 15 nitrogen and oxygen atoms in total. The third-order valence-electron chi connectivity index (χ3n) is 8.27. The molecule has 0 radical (unpaired) electrons. The van der Waals surface area contributed by atoms with Gasteiger partial charge in [0.15, 0.2) is 23.6 Å². The third kappa shape index (κ3) is 6.58. The van der Waals surface area contributed by atoms with Gasteiger partial charge in [-0.15, -0.1) is 34.4 Å². The van der Waals surface area contributed by atoms with Crippen LogP contribution in [0.3, 0.4) is 0 Å². The van der Waals surface area contributed by atoms with Crippen LogP contribution >= 0.6 is 46.0 Å². The molecule has 1 fully saturated rings. The number of carbonyl (C=O) groups excluding carboxylic acids is 2. The molecule has 0 unspecified atom stereocenters. The highest BCUT2D eigenvalue weighted by atomic mass is 35.5. The summed E-state index contributed by atoms with van der Waals surface area (Å²) in [7, 11) is 1.27. The quantitative estimate of drug-likeness (QED) is 0.0507. The van der Waals surface area contributed by atoms with Gasteiger partial charge in [0.1, 0.15) is 47.1 Å². The molecule has 1 aromatic carbocycles. The number of carboxylic acid groups (broad SMARTS) is 1. The van der Waals surface area contributed by atoms with Crippen LogP contribution in [0, 0.1) is 5.82 Å². The molecular formula is C32H27ClFN10O5S3+. The molecule has 2 amide bonds. The smallest absolute Gasteiger partial charge is 0.352 e. The van der Waals surface area contributed by atoms with Crippen molar-refractivity contribution in [3.8, 4) is 0 Å². The Bertz CT molecular complexity index is 2320. The van der Waals surface area contributed by atoms with E-state index in [-0.39, 0.29) is 57.5 Å². The summed E-state index contributed by atoms with van der Waals surface area (Å²) in [4.78, 5) is 57.4. The average molecular weight is 782 g/mol. The van der Waals surface area contributed by atoms with E-state index in [0.29, 0.717) is 16.3 Å². The molecule has 2 atom stereocenters. The number of anilines is 1. The fraction of sp³-hybridized carbons (Fsp3) is 0.188. The number of nitrogens with zero attached hydrogens (tertiary/aromatic N) is 7. The Morgan fingerprint density at radius 2 is 2.12 bits per heavy atom. The van der Waals surface area contributed by atoms with Gasteiger partial charge in [0, 0.05) is 62.8 Å². The molecule has 0 bridgehead atoms. The summed E-state index contributed by atoms with van der Waals surface area (Å²) in [6.45, 7) is 0.256. The van der Waals surface area contributed by atoms with Crippen molar-refractivity contribution in [2.24, 2.45) is 15.9 Å². The molecule has 0 spiro atoms.